The monoisotopic (exact) mass is 524 g/mol. The highest BCUT2D eigenvalue weighted by atomic mass is 35.5. The Labute approximate surface area is 225 Å². The number of pyridine rings is 1. The lowest BCUT2D eigenvalue weighted by Crippen LogP contribution is -2.46. The Kier molecular flexibility index (Phi) is 7.20. The maximum Gasteiger partial charge on any atom is 0.256 e. The third-order valence-electron chi connectivity index (χ3n) is 6.33. The number of hydrogen-bond donors (Lipinski definition) is 2. The second-order valence-corrected chi connectivity index (χ2v) is 9.55. The van der Waals surface area contributed by atoms with Gasteiger partial charge in [0.05, 0.1) is 11.3 Å². The van der Waals surface area contributed by atoms with E-state index in [4.69, 9.17) is 11.6 Å². The van der Waals surface area contributed by atoms with Crippen LogP contribution in [0.5, 0.6) is 0 Å². The molecule has 1 aromatic heterocycles. The molecule has 0 saturated carbocycles. The molecular weight excluding hydrogens is 500 g/mol. The van der Waals surface area contributed by atoms with Gasteiger partial charge in [0, 0.05) is 42.5 Å². The van der Waals surface area contributed by atoms with Crippen LogP contribution in [0.15, 0.2) is 91.1 Å². The number of anilines is 2. The standard InChI is InChI=1S/C30H25ClN4O3/c1-19(36)33-25-10-5-8-22(15-25)21-7-4-6-20(14-21)18-35-28(17-24-9-2-3-13-32-24)29(37)34-27-16-23(31)11-12-26(27)30(35)38/h2-16,28H,17-18H2,1H3,(H,33,36)(H,34,37). The zero-order valence-electron chi connectivity index (χ0n) is 20.6. The number of benzene rings is 3. The van der Waals surface area contributed by atoms with Crippen molar-refractivity contribution in [3.8, 4) is 11.1 Å². The van der Waals surface area contributed by atoms with Crippen LogP contribution in [0.2, 0.25) is 5.02 Å². The molecule has 1 atom stereocenters. The number of hydrogen-bond acceptors (Lipinski definition) is 4. The number of nitrogens with zero attached hydrogens (tertiary/aromatic N) is 2. The summed E-state index contributed by atoms with van der Waals surface area (Å²) in [6, 6.07) is 25.0. The summed E-state index contributed by atoms with van der Waals surface area (Å²) in [5, 5.41) is 6.13. The molecule has 3 amide bonds. The molecule has 0 saturated heterocycles. The normalized spacial score (nSPS) is 14.9. The molecule has 0 aliphatic carbocycles. The summed E-state index contributed by atoms with van der Waals surface area (Å²) in [6.45, 7) is 1.68. The average molecular weight is 525 g/mol. The third-order valence-corrected chi connectivity index (χ3v) is 6.57. The molecule has 0 fully saturated rings. The van der Waals surface area contributed by atoms with Crippen molar-refractivity contribution < 1.29 is 14.4 Å². The summed E-state index contributed by atoms with van der Waals surface area (Å²) in [5.74, 6) is -0.715. The number of amides is 3. The van der Waals surface area contributed by atoms with Crippen molar-refractivity contribution >= 4 is 40.7 Å². The molecule has 7 nitrogen and oxygen atoms in total. The van der Waals surface area contributed by atoms with Crippen molar-refractivity contribution in [2.24, 2.45) is 0 Å². The number of nitrogens with one attached hydrogen (secondary N) is 2. The summed E-state index contributed by atoms with van der Waals surface area (Å²) < 4.78 is 0. The first-order valence-corrected chi connectivity index (χ1v) is 12.5. The van der Waals surface area contributed by atoms with E-state index in [2.05, 4.69) is 15.6 Å². The van der Waals surface area contributed by atoms with Crippen LogP contribution in [-0.4, -0.2) is 33.6 Å². The summed E-state index contributed by atoms with van der Waals surface area (Å²) in [6.07, 6.45) is 1.93. The third kappa shape index (κ3) is 5.58. The molecular formula is C30H25ClN4O3. The van der Waals surface area contributed by atoms with Crippen LogP contribution in [0.4, 0.5) is 11.4 Å². The van der Waals surface area contributed by atoms with Gasteiger partial charge in [0.25, 0.3) is 5.91 Å². The first-order chi connectivity index (χ1) is 18.4. The van der Waals surface area contributed by atoms with Gasteiger partial charge in [0.2, 0.25) is 11.8 Å². The molecule has 2 N–H and O–H groups in total. The number of halogens is 1. The fourth-order valence-corrected chi connectivity index (χ4v) is 4.76. The number of carbonyl (C=O) groups is 3. The van der Waals surface area contributed by atoms with Crippen molar-refractivity contribution in [3.63, 3.8) is 0 Å². The predicted octanol–water partition coefficient (Wildman–Crippen LogP) is 5.57. The Morgan fingerprint density at radius 3 is 2.53 bits per heavy atom. The van der Waals surface area contributed by atoms with Crippen LogP contribution in [0.1, 0.15) is 28.5 Å². The topological polar surface area (TPSA) is 91.4 Å². The van der Waals surface area contributed by atoms with Crippen LogP contribution in [-0.2, 0) is 22.6 Å². The zero-order chi connectivity index (χ0) is 26.6. The minimum atomic E-state index is -0.782. The van der Waals surface area contributed by atoms with E-state index in [0.717, 1.165) is 16.7 Å². The average Bonchev–Trinajstić information content (AvgIpc) is 2.99. The Hall–Kier alpha value is -4.49. The maximum absolute atomic E-state index is 13.8. The fourth-order valence-electron chi connectivity index (χ4n) is 4.59. The first-order valence-electron chi connectivity index (χ1n) is 12.2. The van der Waals surface area contributed by atoms with E-state index in [1.807, 2.05) is 66.7 Å². The van der Waals surface area contributed by atoms with Gasteiger partial charge in [0.1, 0.15) is 6.04 Å². The van der Waals surface area contributed by atoms with E-state index in [0.29, 0.717) is 27.7 Å². The molecule has 38 heavy (non-hydrogen) atoms. The molecule has 3 aromatic carbocycles. The molecule has 1 aliphatic rings. The minimum absolute atomic E-state index is 0.144. The summed E-state index contributed by atoms with van der Waals surface area (Å²) in [4.78, 5) is 44.7. The summed E-state index contributed by atoms with van der Waals surface area (Å²) in [7, 11) is 0. The van der Waals surface area contributed by atoms with Gasteiger partial charge in [0.15, 0.2) is 0 Å². The SMILES string of the molecule is CC(=O)Nc1cccc(-c2cccc(CN3C(=O)c4ccc(Cl)cc4NC(=O)C3Cc3ccccn3)c2)c1. The van der Waals surface area contributed by atoms with E-state index in [1.54, 1.807) is 29.3 Å². The van der Waals surface area contributed by atoms with E-state index in [1.165, 1.54) is 6.92 Å². The van der Waals surface area contributed by atoms with Gasteiger partial charge in [-0.3, -0.25) is 19.4 Å². The highest BCUT2D eigenvalue weighted by Gasteiger charge is 2.36. The van der Waals surface area contributed by atoms with Crippen molar-refractivity contribution in [2.75, 3.05) is 10.6 Å². The minimum Gasteiger partial charge on any atom is -0.326 e. The Balaban J connectivity index is 1.51. The quantitative estimate of drug-likeness (QED) is 0.345. The van der Waals surface area contributed by atoms with Crippen LogP contribution in [0.25, 0.3) is 11.1 Å². The van der Waals surface area contributed by atoms with Gasteiger partial charge in [-0.05, 0) is 65.2 Å². The van der Waals surface area contributed by atoms with E-state index in [9.17, 15) is 14.4 Å². The molecule has 0 radical (unpaired) electrons. The van der Waals surface area contributed by atoms with Crippen molar-refractivity contribution in [3.05, 3.63) is 113 Å². The Bertz CT molecular complexity index is 1520. The molecule has 1 aliphatic heterocycles. The largest absolute Gasteiger partial charge is 0.326 e. The predicted molar refractivity (Wildman–Crippen MR) is 148 cm³/mol. The Morgan fingerprint density at radius 1 is 0.974 bits per heavy atom. The van der Waals surface area contributed by atoms with Crippen LogP contribution < -0.4 is 10.6 Å². The summed E-state index contributed by atoms with van der Waals surface area (Å²) >= 11 is 6.16. The molecule has 0 bridgehead atoms. The molecule has 5 rings (SSSR count). The lowest BCUT2D eigenvalue weighted by atomic mass is 10.0. The number of fused-ring (bicyclic) bond motifs is 1. The van der Waals surface area contributed by atoms with Crippen molar-refractivity contribution in [1.82, 2.24) is 9.88 Å². The van der Waals surface area contributed by atoms with Crippen LogP contribution >= 0.6 is 11.6 Å². The molecule has 190 valence electrons. The van der Waals surface area contributed by atoms with Gasteiger partial charge in [-0.25, -0.2) is 0 Å². The molecule has 0 spiro atoms. The molecule has 1 unspecified atom stereocenters. The molecule has 4 aromatic rings. The van der Waals surface area contributed by atoms with Gasteiger partial charge >= 0.3 is 0 Å². The van der Waals surface area contributed by atoms with Gasteiger partial charge < -0.3 is 15.5 Å². The van der Waals surface area contributed by atoms with Crippen LogP contribution in [0.3, 0.4) is 0 Å². The lowest BCUT2D eigenvalue weighted by Gasteiger charge is -2.29. The van der Waals surface area contributed by atoms with Gasteiger partial charge in [-0.2, -0.15) is 0 Å². The first kappa shape index (κ1) is 25.2. The van der Waals surface area contributed by atoms with E-state index < -0.39 is 6.04 Å². The number of aromatic nitrogens is 1. The molecule has 8 heteroatoms. The van der Waals surface area contributed by atoms with Crippen molar-refractivity contribution in [1.29, 1.82) is 0 Å². The zero-order valence-corrected chi connectivity index (χ0v) is 21.4. The number of carbonyl (C=O) groups excluding carboxylic acids is 3. The van der Waals surface area contributed by atoms with E-state index >= 15 is 0 Å². The second kappa shape index (κ2) is 10.9. The number of rotatable bonds is 6. The fraction of sp³-hybridized carbons (Fsp3) is 0.133. The second-order valence-electron chi connectivity index (χ2n) is 9.12. The Morgan fingerprint density at radius 2 is 1.76 bits per heavy atom. The van der Waals surface area contributed by atoms with Gasteiger partial charge in [-0.15, -0.1) is 0 Å². The smallest absolute Gasteiger partial charge is 0.256 e. The van der Waals surface area contributed by atoms with Crippen LogP contribution in [0, 0.1) is 0 Å². The van der Waals surface area contributed by atoms with Gasteiger partial charge in [-0.1, -0.05) is 48.0 Å². The lowest BCUT2D eigenvalue weighted by molar-refractivity contribution is -0.120. The summed E-state index contributed by atoms with van der Waals surface area (Å²) in [5.41, 5.74) is 4.88. The maximum atomic E-state index is 13.8. The highest BCUT2D eigenvalue weighted by molar-refractivity contribution is 6.31. The van der Waals surface area contributed by atoms with Crippen molar-refractivity contribution in [2.45, 2.75) is 25.9 Å². The van der Waals surface area contributed by atoms with E-state index in [-0.39, 0.29) is 30.7 Å². The molecule has 2 heterocycles. The highest BCUT2D eigenvalue weighted by Crippen LogP contribution is 2.30.